The van der Waals surface area contributed by atoms with Gasteiger partial charge in [0.05, 0.1) is 11.4 Å². The molecule has 0 spiro atoms. The molecule has 0 atom stereocenters. The quantitative estimate of drug-likeness (QED) is 0.681. The molecule has 146 valence electrons. The van der Waals surface area contributed by atoms with E-state index >= 15 is 0 Å². The summed E-state index contributed by atoms with van der Waals surface area (Å²) in [6.45, 7) is 3.07. The predicted octanol–water partition coefficient (Wildman–Crippen LogP) is 4.20. The van der Waals surface area contributed by atoms with Crippen molar-refractivity contribution >= 4 is 10.0 Å². The highest BCUT2D eigenvalue weighted by molar-refractivity contribution is 7.89. The Morgan fingerprint density at radius 3 is 2.50 bits per heavy atom. The SMILES string of the molecule is Cc1ccc(Cn2cccc2CNS(=O)(=O)c2ccc3c(c2)CCCC3)cc1. The molecule has 1 aliphatic carbocycles. The van der Waals surface area contributed by atoms with Gasteiger partial charge in [-0.15, -0.1) is 0 Å². The molecule has 0 saturated heterocycles. The maximum atomic E-state index is 12.8. The number of rotatable bonds is 6. The highest BCUT2D eigenvalue weighted by Crippen LogP contribution is 2.24. The summed E-state index contributed by atoms with van der Waals surface area (Å²) in [4.78, 5) is 0.366. The van der Waals surface area contributed by atoms with Crippen LogP contribution in [0.1, 0.15) is 40.8 Å². The maximum absolute atomic E-state index is 12.8. The fourth-order valence-electron chi connectivity index (χ4n) is 3.78. The molecule has 0 aliphatic heterocycles. The van der Waals surface area contributed by atoms with Crippen LogP contribution >= 0.6 is 0 Å². The van der Waals surface area contributed by atoms with Crippen LogP contribution in [0.4, 0.5) is 0 Å². The second-order valence-corrected chi connectivity index (χ2v) is 9.34. The van der Waals surface area contributed by atoms with Crippen molar-refractivity contribution in [1.29, 1.82) is 0 Å². The number of aromatic nitrogens is 1. The van der Waals surface area contributed by atoms with Crippen LogP contribution in [0, 0.1) is 6.92 Å². The van der Waals surface area contributed by atoms with E-state index in [1.807, 2.05) is 30.5 Å². The fraction of sp³-hybridized carbons (Fsp3) is 0.304. The zero-order valence-corrected chi connectivity index (χ0v) is 17.0. The van der Waals surface area contributed by atoms with E-state index in [4.69, 9.17) is 0 Å². The molecule has 0 bridgehead atoms. The van der Waals surface area contributed by atoms with Crippen molar-refractivity contribution in [3.63, 3.8) is 0 Å². The summed E-state index contributed by atoms with van der Waals surface area (Å²) in [5, 5.41) is 0. The Labute approximate surface area is 167 Å². The van der Waals surface area contributed by atoms with E-state index in [0.717, 1.165) is 31.5 Å². The Balaban J connectivity index is 1.47. The topological polar surface area (TPSA) is 51.1 Å². The largest absolute Gasteiger partial charge is 0.346 e. The molecule has 1 N–H and O–H groups in total. The molecule has 3 aromatic rings. The minimum Gasteiger partial charge on any atom is -0.346 e. The summed E-state index contributed by atoms with van der Waals surface area (Å²) in [5.74, 6) is 0. The minimum atomic E-state index is -3.53. The van der Waals surface area contributed by atoms with E-state index in [0.29, 0.717) is 4.90 Å². The summed E-state index contributed by atoms with van der Waals surface area (Å²) >= 11 is 0. The van der Waals surface area contributed by atoms with E-state index in [-0.39, 0.29) is 6.54 Å². The molecule has 0 fully saturated rings. The smallest absolute Gasteiger partial charge is 0.240 e. The number of sulfonamides is 1. The fourth-order valence-corrected chi connectivity index (χ4v) is 4.83. The molecule has 0 amide bonds. The zero-order chi connectivity index (χ0) is 19.6. The maximum Gasteiger partial charge on any atom is 0.240 e. The number of benzene rings is 2. The summed E-state index contributed by atoms with van der Waals surface area (Å²) in [7, 11) is -3.53. The Bertz CT molecular complexity index is 1070. The lowest BCUT2D eigenvalue weighted by Crippen LogP contribution is -2.25. The third-order valence-electron chi connectivity index (χ3n) is 5.47. The number of aryl methyl sites for hydroxylation is 3. The summed E-state index contributed by atoms with van der Waals surface area (Å²) in [5.41, 5.74) is 5.84. The van der Waals surface area contributed by atoms with Gasteiger partial charge in [-0.25, -0.2) is 13.1 Å². The normalized spacial score (nSPS) is 14.0. The van der Waals surface area contributed by atoms with Crippen molar-refractivity contribution in [1.82, 2.24) is 9.29 Å². The number of nitrogens with zero attached hydrogens (tertiary/aromatic N) is 1. The molecule has 4 rings (SSSR count). The molecule has 1 aromatic heterocycles. The van der Waals surface area contributed by atoms with Crippen LogP contribution in [-0.4, -0.2) is 13.0 Å². The zero-order valence-electron chi connectivity index (χ0n) is 16.2. The van der Waals surface area contributed by atoms with Crippen LogP contribution < -0.4 is 4.72 Å². The standard InChI is InChI=1S/C23H26N2O2S/c1-18-8-10-19(11-9-18)17-25-14-4-7-22(25)16-24-28(26,27)23-13-12-20-5-2-3-6-21(20)15-23/h4,7-15,24H,2-3,5-6,16-17H2,1H3. The first-order valence-electron chi connectivity index (χ1n) is 9.82. The van der Waals surface area contributed by atoms with Gasteiger partial charge in [0.1, 0.15) is 0 Å². The van der Waals surface area contributed by atoms with Crippen molar-refractivity contribution in [2.75, 3.05) is 0 Å². The van der Waals surface area contributed by atoms with Crippen LogP contribution in [0.15, 0.2) is 65.7 Å². The monoisotopic (exact) mass is 394 g/mol. The van der Waals surface area contributed by atoms with Gasteiger partial charge in [0.25, 0.3) is 0 Å². The van der Waals surface area contributed by atoms with Gasteiger partial charge in [-0.2, -0.15) is 0 Å². The first-order chi connectivity index (χ1) is 13.5. The van der Waals surface area contributed by atoms with Crippen LogP contribution in [0.5, 0.6) is 0 Å². The molecule has 0 radical (unpaired) electrons. The molecular weight excluding hydrogens is 368 g/mol. The van der Waals surface area contributed by atoms with Crippen LogP contribution in [0.3, 0.4) is 0 Å². The molecule has 1 aliphatic rings. The lowest BCUT2D eigenvalue weighted by Gasteiger charge is -2.17. The van der Waals surface area contributed by atoms with Gasteiger partial charge in [0, 0.05) is 18.4 Å². The summed E-state index contributed by atoms with van der Waals surface area (Å²) in [6.07, 6.45) is 6.34. The Morgan fingerprint density at radius 1 is 0.964 bits per heavy atom. The van der Waals surface area contributed by atoms with Crippen LogP contribution in [0.2, 0.25) is 0 Å². The minimum absolute atomic E-state index is 0.276. The lowest BCUT2D eigenvalue weighted by atomic mass is 9.92. The van der Waals surface area contributed by atoms with Gasteiger partial charge < -0.3 is 4.57 Å². The van der Waals surface area contributed by atoms with Gasteiger partial charge in [-0.05, 0) is 73.6 Å². The van der Waals surface area contributed by atoms with Crippen LogP contribution in [-0.2, 0) is 36.0 Å². The molecule has 5 heteroatoms. The van der Waals surface area contributed by atoms with Gasteiger partial charge >= 0.3 is 0 Å². The summed E-state index contributed by atoms with van der Waals surface area (Å²) < 4.78 is 30.5. The van der Waals surface area contributed by atoms with Crippen molar-refractivity contribution in [3.8, 4) is 0 Å². The van der Waals surface area contributed by atoms with Crippen LogP contribution in [0.25, 0.3) is 0 Å². The Kier molecular flexibility index (Phi) is 5.38. The predicted molar refractivity (Wildman–Crippen MR) is 112 cm³/mol. The number of hydrogen-bond acceptors (Lipinski definition) is 2. The van der Waals surface area contributed by atoms with Crippen molar-refractivity contribution in [2.45, 2.75) is 50.6 Å². The van der Waals surface area contributed by atoms with E-state index in [1.165, 1.54) is 28.7 Å². The average Bonchev–Trinajstić information content (AvgIpc) is 3.15. The van der Waals surface area contributed by atoms with E-state index in [2.05, 4.69) is 40.5 Å². The third kappa shape index (κ3) is 4.21. The second kappa shape index (κ2) is 7.94. The number of nitrogens with one attached hydrogen (secondary N) is 1. The third-order valence-corrected chi connectivity index (χ3v) is 6.87. The van der Waals surface area contributed by atoms with Crippen molar-refractivity contribution in [2.24, 2.45) is 0 Å². The molecular formula is C23H26N2O2S. The average molecular weight is 395 g/mol. The van der Waals surface area contributed by atoms with Crippen molar-refractivity contribution < 1.29 is 8.42 Å². The summed E-state index contributed by atoms with van der Waals surface area (Å²) in [6, 6.07) is 17.9. The highest BCUT2D eigenvalue weighted by Gasteiger charge is 2.18. The van der Waals surface area contributed by atoms with Gasteiger partial charge in [-0.1, -0.05) is 35.9 Å². The van der Waals surface area contributed by atoms with E-state index < -0.39 is 10.0 Å². The number of hydrogen-bond donors (Lipinski definition) is 1. The highest BCUT2D eigenvalue weighted by atomic mass is 32.2. The Morgan fingerprint density at radius 2 is 1.71 bits per heavy atom. The van der Waals surface area contributed by atoms with E-state index in [1.54, 1.807) is 6.07 Å². The lowest BCUT2D eigenvalue weighted by molar-refractivity contribution is 0.577. The number of fused-ring (bicyclic) bond motifs is 1. The molecule has 4 nitrogen and oxygen atoms in total. The molecule has 1 heterocycles. The van der Waals surface area contributed by atoms with Gasteiger partial charge in [0.15, 0.2) is 0 Å². The second-order valence-electron chi connectivity index (χ2n) is 7.58. The molecule has 28 heavy (non-hydrogen) atoms. The molecule has 2 aromatic carbocycles. The van der Waals surface area contributed by atoms with Gasteiger partial charge in [-0.3, -0.25) is 0 Å². The van der Waals surface area contributed by atoms with E-state index in [9.17, 15) is 8.42 Å². The Hall–Kier alpha value is -2.37. The first kappa shape index (κ1) is 19.0. The van der Waals surface area contributed by atoms with Crippen molar-refractivity contribution in [3.05, 3.63) is 88.7 Å². The first-order valence-corrected chi connectivity index (χ1v) is 11.3. The van der Waals surface area contributed by atoms with Gasteiger partial charge in [0.2, 0.25) is 10.0 Å². The molecule has 0 unspecified atom stereocenters. The molecule has 0 saturated carbocycles.